The van der Waals surface area contributed by atoms with Crippen LogP contribution in [0.2, 0.25) is 0 Å². The molecule has 0 atom stereocenters. The molecule has 0 saturated carbocycles. The van der Waals surface area contributed by atoms with E-state index >= 15 is 0 Å². The van der Waals surface area contributed by atoms with Crippen molar-refractivity contribution < 1.29 is 18.1 Å². The van der Waals surface area contributed by atoms with E-state index in [-0.39, 0.29) is 21.8 Å². The molecule has 1 amide bonds. The summed E-state index contributed by atoms with van der Waals surface area (Å²) >= 11 is 0. The summed E-state index contributed by atoms with van der Waals surface area (Å²) in [4.78, 5) is 29.5. The van der Waals surface area contributed by atoms with Gasteiger partial charge in [0.15, 0.2) is 0 Å². The first kappa shape index (κ1) is 22.2. The van der Waals surface area contributed by atoms with Crippen LogP contribution in [0.15, 0.2) is 71.8 Å². The molecule has 11 heteroatoms. The predicted octanol–water partition coefficient (Wildman–Crippen LogP) is 3.64. The van der Waals surface area contributed by atoms with Gasteiger partial charge >= 0.3 is 0 Å². The van der Waals surface area contributed by atoms with Crippen LogP contribution < -0.4 is 14.9 Å². The molecule has 10 nitrogen and oxygen atoms in total. The zero-order valence-corrected chi connectivity index (χ0v) is 18.3. The Kier molecular flexibility index (Phi) is 6.22. The molecule has 2 heterocycles. The van der Waals surface area contributed by atoms with Gasteiger partial charge in [0.05, 0.1) is 33.0 Å². The van der Waals surface area contributed by atoms with Gasteiger partial charge < -0.3 is 10.2 Å². The lowest BCUT2D eigenvalue weighted by atomic mass is 10.1. The lowest BCUT2D eigenvalue weighted by Gasteiger charge is -2.16. The Hall–Kier alpha value is -3.99. The Labute approximate surface area is 190 Å². The number of para-hydroxylation sites is 1. The molecular formula is C22H21N5O5S. The third kappa shape index (κ3) is 5.09. The number of nitrogens with zero attached hydrogens (tertiary/aromatic N) is 3. The van der Waals surface area contributed by atoms with Crippen LogP contribution in [0.25, 0.3) is 0 Å². The van der Waals surface area contributed by atoms with Crippen molar-refractivity contribution in [1.29, 1.82) is 0 Å². The van der Waals surface area contributed by atoms with Crippen LogP contribution in [0.5, 0.6) is 0 Å². The van der Waals surface area contributed by atoms with Crippen LogP contribution in [-0.4, -0.2) is 37.3 Å². The highest BCUT2D eigenvalue weighted by Crippen LogP contribution is 2.24. The number of hydrogen-bond donors (Lipinski definition) is 2. The number of sulfonamides is 1. The number of non-ortho nitro benzene ring substituents is 1. The third-order valence-corrected chi connectivity index (χ3v) is 6.55. The molecule has 0 unspecified atom stereocenters. The first-order valence-electron chi connectivity index (χ1n) is 10.2. The topological polar surface area (TPSA) is 135 Å². The van der Waals surface area contributed by atoms with Gasteiger partial charge in [0.1, 0.15) is 5.82 Å². The quantitative estimate of drug-likeness (QED) is 0.400. The summed E-state index contributed by atoms with van der Waals surface area (Å²) < 4.78 is 27.9. The van der Waals surface area contributed by atoms with Crippen LogP contribution in [-0.2, 0) is 10.0 Å². The zero-order chi connectivity index (χ0) is 23.4. The van der Waals surface area contributed by atoms with E-state index in [4.69, 9.17) is 0 Å². The number of aromatic nitrogens is 1. The molecule has 170 valence electrons. The van der Waals surface area contributed by atoms with Gasteiger partial charge in [-0.1, -0.05) is 18.2 Å². The lowest BCUT2D eigenvalue weighted by molar-refractivity contribution is -0.385. The minimum absolute atomic E-state index is 0.0446. The Morgan fingerprint density at radius 1 is 1.03 bits per heavy atom. The number of carbonyl (C=O) groups is 1. The fourth-order valence-corrected chi connectivity index (χ4v) is 4.65. The Balaban J connectivity index is 1.52. The summed E-state index contributed by atoms with van der Waals surface area (Å²) in [6.07, 6.45) is 3.81. The molecule has 0 bridgehead atoms. The molecule has 1 saturated heterocycles. The lowest BCUT2D eigenvalue weighted by Crippen LogP contribution is -2.20. The average molecular weight is 468 g/mol. The number of benzene rings is 2. The highest BCUT2D eigenvalue weighted by molar-refractivity contribution is 7.92. The highest BCUT2D eigenvalue weighted by atomic mass is 32.2. The number of pyridine rings is 1. The number of nitro benzene ring substituents is 1. The molecule has 2 N–H and O–H groups in total. The second kappa shape index (κ2) is 9.25. The van der Waals surface area contributed by atoms with Gasteiger partial charge in [-0.3, -0.25) is 19.6 Å². The number of hydrogen-bond acceptors (Lipinski definition) is 7. The van der Waals surface area contributed by atoms with Gasteiger partial charge in [-0.2, -0.15) is 0 Å². The second-order valence-corrected chi connectivity index (χ2v) is 9.14. The fraction of sp³-hybridized carbons (Fsp3) is 0.182. The Bertz CT molecular complexity index is 1290. The largest absolute Gasteiger partial charge is 0.357 e. The minimum Gasteiger partial charge on any atom is -0.357 e. The van der Waals surface area contributed by atoms with E-state index in [1.807, 2.05) is 6.07 Å². The van der Waals surface area contributed by atoms with Crippen molar-refractivity contribution in [2.75, 3.05) is 28.0 Å². The Morgan fingerprint density at radius 3 is 2.48 bits per heavy atom. The highest BCUT2D eigenvalue weighted by Gasteiger charge is 2.21. The number of carbonyl (C=O) groups excluding carboxylic acids is 1. The molecule has 2 aromatic carbocycles. The van der Waals surface area contributed by atoms with Crippen molar-refractivity contribution in [3.05, 3.63) is 82.5 Å². The number of amides is 1. The van der Waals surface area contributed by atoms with Crippen LogP contribution in [0.1, 0.15) is 23.2 Å². The summed E-state index contributed by atoms with van der Waals surface area (Å²) in [5.74, 6) is 0.318. The van der Waals surface area contributed by atoms with Crippen molar-refractivity contribution in [2.24, 2.45) is 0 Å². The van der Waals surface area contributed by atoms with E-state index in [9.17, 15) is 23.3 Å². The van der Waals surface area contributed by atoms with E-state index in [0.29, 0.717) is 5.69 Å². The molecule has 1 aliphatic rings. The van der Waals surface area contributed by atoms with Crippen LogP contribution in [0.3, 0.4) is 0 Å². The van der Waals surface area contributed by atoms with Crippen molar-refractivity contribution >= 4 is 38.8 Å². The number of nitro groups is 1. The standard InChI is InChI=1S/C22H21N5O5S/c28-22(24-16-10-11-21(23-15-16)26-12-3-4-13-26)19-8-1-2-9-20(19)25-33(31,32)18-7-5-6-17(14-18)27(29)30/h1-2,5-11,14-15,25H,3-4,12-13H2,(H,24,28). The number of rotatable bonds is 7. The maximum Gasteiger partial charge on any atom is 0.270 e. The first-order chi connectivity index (χ1) is 15.8. The third-order valence-electron chi connectivity index (χ3n) is 5.19. The molecule has 1 aliphatic heterocycles. The van der Waals surface area contributed by atoms with Gasteiger partial charge in [-0.15, -0.1) is 0 Å². The smallest absolute Gasteiger partial charge is 0.270 e. The summed E-state index contributed by atoms with van der Waals surface area (Å²) in [5.41, 5.74) is 0.256. The van der Waals surface area contributed by atoms with Crippen molar-refractivity contribution in [3.8, 4) is 0 Å². The normalized spacial score (nSPS) is 13.5. The molecule has 1 fully saturated rings. The second-order valence-electron chi connectivity index (χ2n) is 7.46. The Morgan fingerprint density at radius 2 is 1.79 bits per heavy atom. The van der Waals surface area contributed by atoms with Gasteiger partial charge in [0.2, 0.25) is 0 Å². The maximum absolute atomic E-state index is 12.9. The van der Waals surface area contributed by atoms with Crippen molar-refractivity contribution in [1.82, 2.24) is 4.98 Å². The molecule has 0 radical (unpaired) electrons. The van der Waals surface area contributed by atoms with Crippen LogP contribution in [0, 0.1) is 10.1 Å². The fourth-order valence-electron chi connectivity index (χ4n) is 3.53. The molecule has 0 spiro atoms. The van der Waals surface area contributed by atoms with Crippen molar-refractivity contribution in [2.45, 2.75) is 17.7 Å². The average Bonchev–Trinajstić information content (AvgIpc) is 3.35. The summed E-state index contributed by atoms with van der Waals surface area (Å²) in [7, 11) is -4.17. The molecule has 3 aromatic rings. The zero-order valence-electron chi connectivity index (χ0n) is 17.5. The van der Waals surface area contributed by atoms with Gasteiger partial charge in [0, 0.05) is 25.2 Å². The van der Waals surface area contributed by atoms with Crippen molar-refractivity contribution in [3.63, 3.8) is 0 Å². The van der Waals surface area contributed by atoms with Gasteiger partial charge in [0.25, 0.3) is 21.6 Å². The van der Waals surface area contributed by atoms with Gasteiger partial charge in [-0.05, 0) is 43.2 Å². The minimum atomic E-state index is -4.17. The first-order valence-corrected chi connectivity index (χ1v) is 11.7. The van der Waals surface area contributed by atoms with E-state index in [1.165, 1.54) is 30.3 Å². The molecule has 1 aromatic heterocycles. The SMILES string of the molecule is O=C(Nc1ccc(N2CCCC2)nc1)c1ccccc1NS(=O)(=O)c1cccc([N+](=O)[O-])c1. The van der Waals surface area contributed by atoms with Crippen LogP contribution in [0.4, 0.5) is 22.9 Å². The molecule has 0 aliphatic carbocycles. The number of nitrogens with one attached hydrogen (secondary N) is 2. The van der Waals surface area contributed by atoms with Gasteiger partial charge in [-0.25, -0.2) is 13.4 Å². The number of anilines is 3. The summed E-state index contributed by atoms with van der Waals surface area (Å²) in [6, 6.07) is 14.4. The maximum atomic E-state index is 12.9. The van der Waals surface area contributed by atoms with E-state index < -0.39 is 20.9 Å². The summed E-state index contributed by atoms with van der Waals surface area (Å²) in [5, 5.41) is 13.7. The molecule has 33 heavy (non-hydrogen) atoms. The summed E-state index contributed by atoms with van der Waals surface area (Å²) in [6.45, 7) is 1.91. The monoisotopic (exact) mass is 467 g/mol. The van der Waals surface area contributed by atoms with E-state index in [1.54, 1.807) is 24.4 Å². The van der Waals surface area contributed by atoms with Crippen LogP contribution >= 0.6 is 0 Å². The predicted molar refractivity (Wildman–Crippen MR) is 124 cm³/mol. The van der Waals surface area contributed by atoms with E-state index in [2.05, 4.69) is 19.9 Å². The molecule has 4 rings (SSSR count). The molecular weight excluding hydrogens is 446 g/mol. The van der Waals surface area contributed by atoms with E-state index in [0.717, 1.165) is 37.8 Å².